The summed E-state index contributed by atoms with van der Waals surface area (Å²) in [5, 5.41) is 0. The van der Waals surface area contributed by atoms with E-state index in [-0.39, 0.29) is 23.0 Å². The summed E-state index contributed by atoms with van der Waals surface area (Å²) in [6.07, 6.45) is 0. The Morgan fingerprint density at radius 1 is 1.16 bits per heavy atom. The number of anilines is 2. The molecule has 1 fully saturated rings. The Morgan fingerprint density at radius 2 is 1.88 bits per heavy atom. The van der Waals surface area contributed by atoms with Gasteiger partial charge in [0, 0.05) is 17.9 Å². The maximum absolute atomic E-state index is 13.3. The van der Waals surface area contributed by atoms with Gasteiger partial charge in [-0.25, -0.2) is 12.8 Å². The summed E-state index contributed by atoms with van der Waals surface area (Å²) in [5.74, 6) is -0.597. The minimum atomic E-state index is -3.82. The fourth-order valence-corrected chi connectivity index (χ4v) is 3.64. The summed E-state index contributed by atoms with van der Waals surface area (Å²) in [5.41, 5.74) is 1.28. The van der Waals surface area contributed by atoms with E-state index in [2.05, 4.69) is 4.72 Å². The number of nitrogens with zero attached hydrogens (tertiary/aromatic N) is 1. The van der Waals surface area contributed by atoms with E-state index in [1.54, 1.807) is 29.2 Å². The van der Waals surface area contributed by atoms with E-state index >= 15 is 0 Å². The van der Waals surface area contributed by atoms with Crippen LogP contribution in [0.3, 0.4) is 0 Å². The van der Waals surface area contributed by atoms with Gasteiger partial charge in [0.1, 0.15) is 12.4 Å². The number of morpholine rings is 1. The average Bonchev–Trinajstić information content (AvgIpc) is 2.58. The first kappa shape index (κ1) is 17.4. The van der Waals surface area contributed by atoms with Gasteiger partial charge in [-0.3, -0.25) is 9.52 Å². The number of rotatable bonds is 4. The quantitative estimate of drug-likeness (QED) is 0.903. The highest BCUT2D eigenvalue weighted by molar-refractivity contribution is 7.92. The smallest absolute Gasteiger partial charge is 0.261 e. The second-order valence-corrected chi connectivity index (χ2v) is 7.34. The van der Waals surface area contributed by atoms with Gasteiger partial charge in [-0.15, -0.1) is 0 Å². The standard InChI is InChI=1S/C17H17FN2O4S/c1-12-10-15(6-7-16(12)18)25(22,23)19-13-2-4-14(5-3-13)20-8-9-24-11-17(20)21/h2-7,10,19H,8-9,11H2,1H3. The van der Waals surface area contributed by atoms with Crippen molar-refractivity contribution >= 4 is 27.3 Å². The zero-order valence-electron chi connectivity index (χ0n) is 13.5. The molecular weight excluding hydrogens is 347 g/mol. The molecule has 2 aromatic rings. The Bertz CT molecular complexity index is 897. The van der Waals surface area contributed by atoms with Gasteiger partial charge in [0.15, 0.2) is 0 Å². The average molecular weight is 364 g/mol. The monoisotopic (exact) mass is 364 g/mol. The lowest BCUT2D eigenvalue weighted by atomic mass is 10.2. The lowest BCUT2D eigenvalue weighted by molar-refractivity contribution is -0.125. The van der Waals surface area contributed by atoms with E-state index in [1.807, 2.05) is 0 Å². The van der Waals surface area contributed by atoms with Crippen LogP contribution in [0, 0.1) is 12.7 Å². The SMILES string of the molecule is Cc1cc(S(=O)(=O)Nc2ccc(N3CCOCC3=O)cc2)ccc1F. The highest BCUT2D eigenvalue weighted by atomic mass is 32.2. The van der Waals surface area contributed by atoms with Crippen LogP contribution < -0.4 is 9.62 Å². The highest BCUT2D eigenvalue weighted by Crippen LogP contribution is 2.22. The van der Waals surface area contributed by atoms with Crippen molar-refractivity contribution in [3.8, 4) is 0 Å². The predicted octanol–water partition coefficient (Wildman–Crippen LogP) is 2.30. The van der Waals surface area contributed by atoms with Gasteiger partial charge in [0.25, 0.3) is 15.9 Å². The van der Waals surface area contributed by atoms with Crippen molar-refractivity contribution in [2.24, 2.45) is 0 Å². The van der Waals surface area contributed by atoms with Gasteiger partial charge < -0.3 is 9.64 Å². The lowest BCUT2D eigenvalue weighted by Gasteiger charge is -2.26. The molecule has 1 N–H and O–H groups in total. The van der Waals surface area contributed by atoms with Crippen LogP contribution in [0.2, 0.25) is 0 Å². The molecule has 1 aliphatic rings. The third-order valence-corrected chi connectivity index (χ3v) is 5.24. The number of amides is 1. The largest absolute Gasteiger partial charge is 0.370 e. The number of ether oxygens (including phenoxy) is 1. The van der Waals surface area contributed by atoms with E-state index in [4.69, 9.17) is 4.74 Å². The molecular formula is C17H17FN2O4S. The van der Waals surface area contributed by atoms with Crippen molar-refractivity contribution in [1.82, 2.24) is 0 Å². The number of aryl methyl sites for hydroxylation is 1. The number of carbonyl (C=O) groups is 1. The number of carbonyl (C=O) groups excluding carboxylic acids is 1. The number of hydrogen-bond donors (Lipinski definition) is 1. The van der Waals surface area contributed by atoms with Crippen molar-refractivity contribution in [3.05, 3.63) is 53.8 Å². The molecule has 0 radical (unpaired) electrons. The van der Waals surface area contributed by atoms with E-state index in [9.17, 15) is 17.6 Å². The van der Waals surface area contributed by atoms with Gasteiger partial charge in [0.2, 0.25) is 0 Å². The molecule has 0 aromatic heterocycles. The van der Waals surface area contributed by atoms with Crippen molar-refractivity contribution in [2.75, 3.05) is 29.4 Å². The second kappa shape index (κ2) is 6.81. The molecule has 25 heavy (non-hydrogen) atoms. The van der Waals surface area contributed by atoms with Crippen molar-refractivity contribution in [2.45, 2.75) is 11.8 Å². The zero-order valence-corrected chi connectivity index (χ0v) is 14.3. The van der Waals surface area contributed by atoms with Crippen LogP contribution in [0.1, 0.15) is 5.56 Å². The third kappa shape index (κ3) is 3.80. The molecule has 0 spiro atoms. The minimum Gasteiger partial charge on any atom is -0.370 e. The molecule has 1 amide bonds. The maximum atomic E-state index is 13.3. The van der Waals surface area contributed by atoms with Gasteiger partial charge >= 0.3 is 0 Å². The molecule has 0 atom stereocenters. The molecule has 8 heteroatoms. The van der Waals surface area contributed by atoms with E-state index < -0.39 is 15.8 Å². The van der Waals surface area contributed by atoms with E-state index in [1.165, 1.54) is 19.1 Å². The van der Waals surface area contributed by atoms with Crippen molar-refractivity contribution in [3.63, 3.8) is 0 Å². The molecule has 3 rings (SSSR count). The summed E-state index contributed by atoms with van der Waals surface area (Å²) >= 11 is 0. The van der Waals surface area contributed by atoms with E-state index in [0.29, 0.717) is 24.5 Å². The normalized spacial score (nSPS) is 15.3. The van der Waals surface area contributed by atoms with Crippen LogP contribution in [0.25, 0.3) is 0 Å². The number of hydrogen-bond acceptors (Lipinski definition) is 4. The summed E-state index contributed by atoms with van der Waals surface area (Å²) in [6.45, 7) is 2.46. The fourth-order valence-electron chi connectivity index (χ4n) is 2.50. The predicted molar refractivity (Wildman–Crippen MR) is 91.6 cm³/mol. The van der Waals surface area contributed by atoms with Gasteiger partial charge in [-0.05, 0) is 55.0 Å². The van der Waals surface area contributed by atoms with E-state index in [0.717, 1.165) is 6.07 Å². The molecule has 0 saturated carbocycles. The molecule has 132 valence electrons. The molecule has 1 heterocycles. The Labute approximate surface area is 145 Å². The maximum Gasteiger partial charge on any atom is 0.261 e. The fraction of sp³-hybridized carbons (Fsp3) is 0.235. The molecule has 2 aromatic carbocycles. The Kier molecular flexibility index (Phi) is 4.73. The highest BCUT2D eigenvalue weighted by Gasteiger charge is 2.20. The summed E-state index contributed by atoms with van der Waals surface area (Å²) in [4.78, 5) is 13.4. The van der Waals surface area contributed by atoms with Crippen molar-refractivity contribution < 1.29 is 22.3 Å². The van der Waals surface area contributed by atoms with Crippen LogP contribution >= 0.6 is 0 Å². The molecule has 6 nitrogen and oxygen atoms in total. The molecule has 1 aliphatic heterocycles. The van der Waals surface area contributed by atoms with Crippen LogP contribution in [-0.4, -0.2) is 34.1 Å². The van der Waals surface area contributed by atoms with Gasteiger partial charge in [0.05, 0.1) is 11.5 Å². The molecule has 1 saturated heterocycles. The van der Waals surface area contributed by atoms with Crippen molar-refractivity contribution in [1.29, 1.82) is 0 Å². The summed E-state index contributed by atoms with van der Waals surface area (Å²) in [6, 6.07) is 10.1. The molecule has 0 unspecified atom stereocenters. The van der Waals surface area contributed by atoms with Crippen LogP contribution in [0.5, 0.6) is 0 Å². The minimum absolute atomic E-state index is 0.0150. The number of halogens is 1. The molecule has 0 aliphatic carbocycles. The Hall–Kier alpha value is -2.45. The number of sulfonamides is 1. The number of nitrogens with one attached hydrogen (secondary N) is 1. The lowest BCUT2D eigenvalue weighted by Crippen LogP contribution is -2.41. The van der Waals surface area contributed by atoms with Crippen LogP contribution in [0.4, 0.5) is 15.8 Å². The Morgan fingerprint density at radius 3 is 2.52 bits per heavy atom. The first-order chi connectivity index (χ1) is 11.9. The Balaban J connectivity index is 1.78. The van der Waals surface area contributed by atoms with Gasteiger partial charge in [-0.1, -0.05) is 0 Å². The zero-order chi connectivity index (χ0) is 18.0. The first-order valence-electron chi connectivity index (χ1n) is 7.64. The summed E-state index contributed by atoms with van der Waals surface area (Å²) < 4.78 is 45.6. The van der Waals surface area contributed by atoms with Crippen LogP contribution in [0.15, 0.2) is 47.4 Å². The third-order valence-electron chi connectivity index (χ3n) is 3.86. The van der Waals surface area contributed by atoms with Gasteiger partial charge in [-0.2, -0.15) is 0 Å². The van der Waals surface area contributed by atoms with Crippen LogP contribution in [-0.2, 0) is 19.6 Å². The topological polar surface area (TPSA) is 75.7 Å². The first-order valence-corrected chi connectivity index (χ1v) is 9.12. The number of benzene rings is 2. The molecule has 0 bridgehead atoms. The summed E-state index contributed by atoms with van der Waals surface area (Å²) in [7, 11) is -3.82. The second-order valence-electron chi connectivity index (χ2n) is 5.66.